The number of fused-ring (bicyclic) bond motifs is 4. The molecule has 2 aromatic carbocycles. The summed E-state index contributed by atoms with van der Waals surface area (Å²) in [6.07, 6.45) is 8.18. The molecule has 5 nitrogen and oxygen atoms in total. The topological polar surface area (TPSA) is 64.0 Å². The summed E-state index contributed by atoms with van der Waals surface area (Å²) in [4.78, 5) is 31.7. The fourth-order valence-electron chi connectivity index (χ4n) is 5.60. The average Bonchev–Trinajstić information content (AvgIpc) is 2.89. The molecule has 1 amide bonds. The van der Waals surface area contributed by atoms with E-state index in [1.165, 1.54) is 23.7 Å². The highest BCUT2D eigenvalue weighted by atomic mass is 32.2. The van der Waals surface area contributed by atoms with Crippen molar-refractivity contribution >= 4 is 17.7 Å². The maximum atomic E-state index is 14.0. The molecule has 0 unspecified atom stereocenters. The maximum Gasteiger partial charge on any atom is 0.258 e. The van der Waals surface area contributed by atoms with Crippen molar-refractivity contribution in [3.63, 3.8) is 0 Å². The number of nitrogens with zero attached hydrogens (tertiary/aromatic N) is 2. The van der Waals surface area contributed by atoms with E-state index in [0.29, 0.717) is 18.2 Å². The lowest BCUT2D eigenvalue weighted by Gasteiger charge is -2.42. The molecule has 1 fully saturated rings. The molecule has 0 bridgehead atoms. The Bertz CT molecular complexity index is 1290. The van der Waals surface area contributed by atoms with Crippen LogP contribution in [0.25, 0.3) is 11.3 Å². The van der Waals surface area contributed by atoms with Gasteiger partial charge in [-0.15, -0.1) is 6.58 Å². The maximum absolute atomic E-state index is 14.0. The molecular formula is C29H31N3O2S. The first kappa shape index (κ1) is 23.6. The first-order valence-electron chi connectivity index (χ1n) is 12.4. The van der Waals surface area contributed by atoms with Gasteiger partial charge in [-0.1, -0.05) is 91.7 Å². The van der Waals surface area contributed by atoms with E-state index in [1.807, 2.05) is 36.4 Å². The van der Waals surface area contributed by atoms with Gasteiger partial charge in [-0.25, -0.2) is 4.98 Å². The normalized spacial score (nSPS) is 15.8. The van der Waals surface area contributed by atoms with Crippen LogP contribution in [0.4, 0.5) is 0 Å². The molecule has 1 spiro atoms. The molecule has 6 heteroatoms. The lowest BCUT2D eigenvalue weighted by atomic mass is 9.62. The third-order valence-corrected chi connectivity index (χ3v) is 8.23. The minimum absolute atomic E-state index is 0.0264. The van der Waals surface area contributed by atoms with Gasteiger partial charge in [0.15, 0.2) is 5.16 Å². The molecule has 35 heavy (non-hydrogen) atoms. The molecule has 0 atom stereocenters. The minimum Gasteiger partial charge on any atom is -0.351 e. The number of carbonyl (C=O) groups is 1. The predicted octanol–water partition coefficient (Wildman–Crippen LogP) is 5.26. The lowest BCUT2D eigenvalue weighted by molar-refractivity contribution is -0.118. The number of hydrogen-bond acceptors (Lipinski definition) is 4. The summed E-state index contributed by atoms with van der Waals surface area (Å²) in [7, 11) is 0. The number of nitrogens with one attached hydrogen (secondary N) is 1. The Hall–Kier alpha value is -3.12. The SMILES string of the molecule is C=CCn1c(SCC(=O)NCc2ccccc2)nc2c(c1=O)C1(CCCCC1)Cc1ccccc1-2. The Labute approximate surface area is 210 Å². The van der Waals surface area contributed by atoms with Gasteiger partial charge in [0.05, 0.1) is 17.0 Å². The van der Waals surface area contributed by atoms with Gasteiger partial charge in [-0.2, -0.15) is 0 Å². The second-order valence-corrected chi connectivity index (χ2v) is 10.5. The summed E-state index contributed by atoms with van der Waals surface area (Å²) in [5, 5.41) is 3.54. The third kappa shape index (κ3) is 4.72. The summed E-state index contributed by atoms with van der Waals surface area (Å²) >= 11 is 1.32. The number of thioether (sulfide) groups is 1. The number of allylic oxidation sites excluding steroid dienone is 1. The number of carbonyl (C=O) groups excluding carboxylic acids is 1. The molecule has 1 saturated carbocycles. The smallest absolute Gasteiger partial charge is 0.258 e. The van der Waals surface area contributed by atoms with Crippen molar-refractivity contribution < 1.29 is 4.79 Å². The largest absolute Gasteiger partial charge is 0.351 e. The van der Waals surface area contributed by atoms with Crippen LogP contribution in [0.2, 0.25) is 0 Å². The van der Waals surface area contributed by atoms with E-state index in [4.69, 9.17) is 4.98 Å². The van der Waals surface area contributed by atoms with E-state index in [0.717, 1.165) is 54.5 Å². The Balaban J connectivity index is 1.49. The van der Waals surface area contributed by atoms with Gasteiger partial charge in [-0.05, 0) is 30.4 Å². The summed E-state index contributed by atoms with van der Waals surface area (Å²) in [6.45, 7) is 4.73. The van der Waals surface area contributed by atoms with Crippen molar-refractivity contribution in [1.29, 1.82) is 0 Å². The first-order valence-corrected chi connectivity index (χ1v) is 13.4. The van der Waals surface area contributed by atoms with E-state index < -0.39 is 0 Å². The van der Waals surface area contributed by atoms with Gasteiger partial charge in [0, 0.05) is 24.1 Å². The standard InChI is InChI=1S/C29H31N3O2S/c1-2-17-32-27(34)25-26(23-14-8-7-13-22(23)18-29(25)15-9-4-10-16-29)31-28(32)35-20-24(33)30-19-21-11-5-3-6-12-21/h2-3,5-8,11-14H,1,4,9-10,15-20H2,(H,30,33). The van der Waals surface area contributed by atoms with E-state index in [9.17, 15) is 9.59 Å². The number of rotatable bonds is 7. The third-order valence-electron chi connectivity index (χ3n) is 7.25. The quantitative estimate of drug-likeness (QED) is 0.282. The van der Waals surface area contributed by atoms with Crippen LogP contribution in [0.15, 0.2) is 77.2 Å². The van der Waals surface area contributed by atoms with Crippen LogP contribution in [-0.2, 0) is 29.7 Å². The van der Waals surface area contributed by atoms with E-state index >= 15 is 0 Å². The van der Waals surface area contributed by atoms with Crippen molar-refractivity contribution in [3.05, 3.63) is 94.3 Å². The van der Waals surface area contributed by atoms with Crippen LogP contribution in [0.1, 0.15) is 48.8 Å². The molecular weight excluding hydrogens is 454 g/mol. The number of aromatic nitrogens is 2. The number of amides is 1. The molecule has 5 rings (SSSR count). The Morgan fingerprint density at radius 2 is 1.83 bits per heavy atom. The molecule has 2 aliphatic carbocycles. The highest BCUT2D eigenvalue weighted by Crippen LogP contribution is 2.48. The van der Waals surface area contributed by atoms with Crippen molar-refractivity contribution in [3.8, 4) is 11.3 Å². The highest BCUT2D eigenvalue weighted by Gasteiger charge is 2.43. The Morgan fingerprint density at radius 1 is 1.09 bits per heavy atom. The van der Waals surface area contributed by atoms with Gasteiger partial charge in [0.1, 0.15) is 0 Å². The van der Waals surface area contributed by atoms with Crippen LogP contribution in [0, 0.1) is 0 Å². The first-order chi connectivity index (χ1) is 17.1. The van der Waals surface area contributed by atoms with Gasteiger partial charge in [0.25, 0.3) is 5.56 Å². The lowest BCUT2D eigenvalue weighted by Crippen LogP contribution is -2.43. The van der Waals surface area contributed by atoms with Gasteiger partial charge in [0.2, 0.25) is 5.91 Å². The van der Waals surface area contributed by atoms with Crippen LogP contribution in [0.3, 0.4) is 0 Å². The molecule has 1 heterocycles. The van der Waals surface area contributed by atoms with Crippen molar-refractivity contribution in [2.75, 3.05) is 5.75 Å². The number of benzene rings is 2. The van der Waals surface area contributed by atoms with Crippen LogP contribution in [0.5, 0.6) is 0 Å². The zero-order chi connectivity index (χ0) is 24.3. The molecule has 0 aliphatic heterocycles. The van der Waals surface area contributed by atoms with Crippen LogP contribution in [-0.4, -0.2) is 21.2 Å². The summed E-state index contributed by atoms with van der Waals surface area (Å²) in [5.74, 6) is 0.113. The average molecular weight is 486 g/mol. The summed E-state index contributed by atoms with van der Waals surface area (Å²) in [6, 6.07) is 18.2. The van der Waals surface area contributed by atoms with Crippen LogP contribution >= 0.6 is 11.8 Å². The second-order valence-electron chi connectivity index (χ2n) is 9.55. The molecule has 3 aromatic rings. The van der Waals surface area contributed by atoms with E-state index in [2.05, 4.69) is 30.1 Å². The molecule has 2 aliphatic rings. The molecule has 180 valence electrons. The molecule has 0 saturated heterocycles. The van der Waals surface area contributed by atoms with E-state index in [-0.39, 0.29) is 22.6 Å². The predicted molar refractivity (Wildman–Crippen MR) is 142 cm³/mol. The Kier molecular flexibility index (Phi) is 6.91. The fourth-order valence-corrected chi connectivity index (χ4v) is 6.43. The number of hydrogen-bond donors (Lipinski definition) is 1. The van der Waals surface area contributed by atoms with Crippen molar-refractivity contribution in [2.45, 2.75) is 62.2 Å². The monoisotopic (exact) mass is 485 g/mol. The fraction of sp³-hybridized carbons (Fsp3) is 0.345. The molecule has 0 radical (unpaired) electrons. The van der Waals surface area contributed by atoms with Gasteiger partial charge in [-0.3, -0.25) is 14.2 Å². The second kappa shape index (κ2) is 10.2. The van der Waals surface area contributed by atoms with Crippen molar-refractivity contribution in [2.24, 2.45) is 0 Å². The highest BCUT2D eigenvalue weighted by molar-refractivity contribution is 7.99. The summed E-state index contributed by atoms with van der Waals surface area (Å²) in [5.41, 5.74) is 4.94. The zero-order valence-corrected chi connectivity index (χ0v) is 20.8. The zero-order valence-electron chi connectivity index (χ0n) is 20.0. The summed E-state index contributed by atoms with van der Waals surface area (Å²) < 4.78 is 1.71. The minimum atomic E-state index is -0.148. The Morgan fingerprint density at radius 3 is 2.60 bits per heavy atom. The molecule has 1 aromatic heterocycles. The van der Waals surface area contributed by atoms with Crippen molar-refractivity contribution in [1.82, 2.24) is 14.9 Å². The van der Waals surface area contributed by atoms with Gasteiger partial charge < -0.3 is 5.32 Å². The van der Waals surface area contributed by atoms with Gasteiger partial charge >= 0.3 is 0 Å². The van der Waals surface area contributed by atoms with Crippen LogP contribution < -0.4 is 10.9 Å². The molecule has 1 N–H and O–H groups in total. The van der Waals surface area contributed by atoms with E-state index in [1.54, 1.807) is 10.6 Å².